The first-order valence-electron chi connectivity index (χ1n) is 5.87. The van der Waals surface area contributed by atoms with Crippen molar-refractivity contribution in [2.45, 2.75) is 19.3 Å². The SMILES string of the molecule is COCCCCCNC(=O)c1ccc(Br)c(Cl)c1. The van der Waals surface area contributed by atoms with E-state index in [4.69, 9.17) is 16.3 Å². The molecule has 1 aromatic carbocycles. The van der Waals surface area contributed by atoms with Crippen LogP contribution in [0.1, 0.15) is 29.6 Å². The second-order valence-corrected chi connectivity index (χ2v) is 5.20. The van der Waals surface area contributed by atoms with Gasteiger partial charge < -0.3 is 10.1 Å². The largest absolute Gasteiger partial charge is 0.385 e. The molecule has 0 unspecified atom stereocenters. The monoisotopic (exact) mass is 333 g/mol. The van der Waals surface area contributed by atoms with Crippen molar-refractivity contribution in [1.82, 2.24) is 5.32 Å². The van der Waals surface area contributed by atoms with Crippen LogP contribution in [0.4, 0.5) is 0 Å². The molecule has 0 fully saturated rings. The molecule has 0 aliphatic carbocycles. The summed E-state index contributed by atoms with van der Waals surface area (Å²) in [6.07, 6.45) is 3.03. The first kappa shape index (κ1) is 15.5. The van der Waals surface area contributed by atoms with E-state index in [-0.39, 0.29) is 5.91 Å². The summed E-state index contributed by atoms with van der Waals surface area (Å²) < 4.78 is 5.75. The van der Waals surface area contributed by atoms with Crippen LogP contribution in [0.3, 0.4) is 0 Å². The standard InChI is InChI=1S/C13H17BrClNO2/c1-18-8-4-2-3-7-16-13(17)10-5-6-11(14)12(15)9-10/h5-6,9H,2-4,7-8H2,1H3,(H,16,17). The van der Waals surface area contributed by atoms with Gasteiger partial charge in [0.15, 0.2) is 0 Å². The third-order valence-electron chi connectivity index (χ3n) is 2.49. The zero-order valence-electron chi connectivity index (χ0n) is 10.3. The number of hydrogen-bond donors (Lipinski definition) is 1. The van der Waals surface area contributed by atoms with Gasteiger partial charge in [-0.3, -0.25) is 4.79 Å². The zero-order valence-corrected chi connectivity index (χ0v) is 12.7. The Morgan fingerprint density at radius 3 is 2.83 bits per heavy atom. The van der Waals surface area contributed by atoms with Gasteiger partial charge in [-0.1, -0.05) is 11.6 Å². The molecule has 0 aromatic heterocycles. The molecule has 3 nitrogen and oxygen atoms in total. The Morgan fingerprint density at radius 1 is 1.39 bits per heavy atom. The van der Waals surface area contributed by atoms with Gasteiger partial charge in [0.05, 0.1) is 5.02 Å². The van der Waals surface area contributed by atoms with E-state index in [2.05, 4.69) is 21.2 Å². The molecule has 0 spiro atoms. The van der Waals surface area contributed by atoms with E-state index in [1.165, 1.54) is 0 Å². The van der Waals surface area contributed by atoms with Crippen LogP contribution < -0.4 is 5.32 Å². The van der Waals surface area contributed by atoms with Crippen molar-refractivity contribution < 1.29 is 9.53 Å². The number of benzene rings is 1. The van der Waals surface area contributed by atoms with E-state index in [1.54, 1.807) is 25.3 Å². The Kier molecular flexibility index (Phi) is 7.32. The zero-order chi connectivity index (χ0) is 13.4. The van der Waals surface area contributed by atoms with Crippen LogP contribution in [-0.2, 0) is 4.74 Å². The quantitative estimate of drug-likeness (QED) is 0.773. The number of unbranched alkanes of at least 4 members (excludes halogenated alkanes) is 2. The maximum atomic E-state index is 11.8. The smallest absolute Gasteiger partial charge is 0.251 e. The Morgan fingerprint density at radius 2 is 2.17 bits per heavy atom. The number of nitrogens with one attached hydrogen (secondary N) is 1. The minimum atomic E-state index is -0.0869. The molecular formula is C13H17BrClNO2. The molecule has 5 heteroatoms. The lowest BCUT2D eigenvalue weighted by molar-refractivity contribution is 0.0952. The van der Waals surface area contributed by atoms with Crippen LogP contribution in [0.5, 0.6) is 0 Å². The Bertz CT molecular complexity index is 399. The topological polar surface area (TPSA) is 38.3 Å². The van der Waals surface area contributed by atoms with Crippen molar-refractivity contribution in [3.05, 3.63) is 33.3 Å². The average Bonchev–Trinajstić information content (AvgIpc) is 2.36. The lowest BCUT2D eigenvalue weighted by Gasteiger charge is -2.06. The summed E-state index contributed by atoms with van der Waals surface area (Å²) >= 11 is 9.23. The van der Waals surface area contributed by atoms with Gasteiger partial charge in [-0.05, 0) is 53.4 Å². The van der Waals surface area contributed by atoms with Crippen molar-refractivity contribution in [2.75, 3.05) is 20.3 Å². The predicted octanol–water partition coefficient (Wildman–Crippen LogP) is 3.65. The van der Waals surface area contributed by atoms with Crippen LogP contribution in [-0.4, -0.2) is 26.2 Å². The van der Waals surface area contributed by atoms with E-state index in [1.807, 2.05) is 0 Å². The molecule has 1 amide bonds. The lowest BCUT2D eigenvalue weighted by atomic mass is 10.2. The highest BCUT2D eigenvalue weighted by atomic mass is 79.9. The molecule has 0 bridgehead atoms. The van der Waals surface area contributed by atoms with Crippen molar-refractivity contribution in [3.8, 4) is 0 Å². The third-order valence-corrected chi connectivity index (χ3v) is 3.73. The molecule has 1 N–H and O–H groups in total. The third kappa shape index (κ3) is 5.38. The van der Waals surface area contributed by atoms with Gasteiger partial charge in [0.1, 0.15) is 0 Å². The highest BCUT2D eigenvalue weighted by molar-refractivity contribution is 9.10. The highest BCUT2D eigenvalue weighted by Gasteiger charge is 2.06. The highest BCUT2D eigenvalue weighted by Crippen LogP contribution is 2.23. The van der Waals surface area contributed by atoms with Crippen LogP contribution in [0.2, 0.25) is 5.02 Å². The molecule has 100 valence electrons. The second-order valence-electron chi connectivity index (χ2n) is 3.94. The first-order valence-corrected chi connectivity index (χ1v) is 7.04. The Labute approximate surface area is 121 Å². The number of hydrogen-bond acceptors (Lipinski definition) is 2. The van der Waals surface area contributed by atoms with Crippen LogP contribution in [0.15, 0.2) is 22.7 Å². The van der Waals surface area contributed by atoms with E-state index in [0.717, 1.165) is 30.3 Å². The summed E-state index contributed by atoms with van der Waals surface area (Å²) in [4.78, 5) is 11.8. The van der Waals surface area contributed by atoms with E-state index in [9.17, 15) is 4.79 Å². The maximum absolute atomic E-state index is 11.8. The Balaban J connectivity index is 2.30. The van der Waals surface area contributed by atoms with Gasteiger partial charge >= 0.3 is 0 Å². The normalized spacial score (nSPS) is 10.4. The molecule has 0 radical (unpaired) electrons. The first-order chi connectivity index (χ1) is 8.65. The van der Waals surface area contributed by atoms with Gasteiger partial charge in [0, 0.05) is 30.3 Å². The van der Waals surface area contributed by atoms with E-state index >= 15 is 0 Å². The fourth-order valence-electron chi connectivity index (χ4n) is 1.49. The number of amides is 1. The van der Waals surface area contributed by atoms with Crippen molar-refractivity contribution in [1.29, 1.82) is 0 Å². The van der Waals surface area contributed by atoms with Crippen LogP contribution in [0.25, 0.3) is 0 Å². The summed E-state index contributed by atoms with van der Waals surface area (Å²) in [5.41, 5.74) is 0.583. The fraction of sp³-hybridized carbons (Fsp3) is 0.462. The van der Waals surface area contributed by atoms with Gasteiger partial charge in [-0.25, -0.2) is 0 Å². The Hall–Kier alpha value is -0.580. The molecule has 1 rings (SSSR count). The molecule has 0 aliphatic rings. The van der Waals surface area contributed by atoms with Crippen LogP contribution in [0, 0.1) is 0 Å². The minimum Gasteiger partial charge on any atom is -0.385 e. The summed E-state index contributed by atoms with van der Waals surface area (Å²) in [7, 11) is 1.69. The summed E-state index contributed by atoms with van der Waals surface area (Å²) in [6, 6.07) is 5.18. The van der Waals surface area contributed by atoms with E-state index < -0.39 is 0 Å². The number of ether oxygens (including phenoxy) is 1. The van der Waals surface area contributed by atoms with Gasteiger partial charge in [0.25, 0.3) is 5.91 Å². The minimum absolute atomic E-state index is 0.0869. The fourth-order valence-corrected chi connectivity index (χ4v) is 1.92. The number of rotatable bonds is 7. The summed E-state index contributed by atoms with van der Waals surface area (Å²) in [6.45, 7) is 1.45. The average molecular weight is 335 g/mol. The number of carbonyl (C=O) groups excluding carboxylic acids is 1. The number of carbonyl (C=O) groups is 1. The molecule has 0 heterocycles. The lowest BCUT2D eigenvalue weighted by Crippen LogP contribution is -2.24. The molecule has 0 saturated carbocycles. The molecule has 18 heavy (non-hydrogen) atoms. The molecule has 1 aromatic rings. The second kappa shape index (κ2) is 8.51. The van der Waals surface area contributed by atoms with Crippen molar-refractivity contribution in [2.24, 2.45) is 0 Å². The van der Waals surface area contributed by atoms with Gasteiger partial charge in [-0.15, -0.1) is 0 Å². The maximum Gasteiger partial charge on any atom is 0.251 e. The summed E-state index contributed by atoms with van der Waals surface area (Å²) in [5, 5.41) is 3.41. The summed E-state index contributed by atoms with van der Waals surface area (Å²) in [5.74, 6) is -0.0869. The van der Waals surface area contributed by atoms with E-state index in [0.29, 0.717) is 17.1 Å². The van der Waals surface area contributed by atoms with Crippen molar-refractivity contribution in [3.63, 3.8) is 0 Å². The van der Waals surface area contributed by atoms with Gasteiger partial charge in [-0.2, -0.15) is 0 Å². The van der Waals surface area contributed by atoms with Crippen molar-refractivity contribution >= 4 is 33.4 Å². The molecule has 0 saturated heterocycles. The van der Waals surface area contributed by atoms with Gasteiger partial charge in [0.2, 0.25) is 0 Å². The molecular weight excluding hydrogens is 318 g/mol. The number of methoxy groups -OCH3 is 1. The predicted molar refractivity (Wildman–Crippen MR) is 77.2 cm³/mol. The number of halogens is 2. The van der Waals surface area contributed by atoms with Crippen LogP contribution >= 0.6 is 27.5 Å². The molecule has 0 atom stereocenters. The molecule has 0 aliphatic heterocycles.